The summed E-state index contributed by atoms with van der Waals surface area (Å²) in [7, 11) is 0. The van der Waals surface area contributed by atoms with Crippen molar-refractivity contribution in [1.29, 1.82) is 0 Å². The van der Waals surface area contributed by atoms with Gasteiger partial charge in [0.2, 0.25) is 0 Å². The van der Waals surface area contributed by atoms with E-state index in [9.17, 15) is 0 Å². The van der Waals surface area contributed by atoms with E-state index in [1.807, 2.05) is 12.1 Å². The molecule has 0 aromatic heterocycles. The molecule has 2 rings (SSSR count). The van der Waals surface area contributed by atoms with Crippen LogP contribution in [0.3, 0.4) is 0 Å². The molecule has 0 spiro atoms. The van der Waals surface area contributed by atoms with Crippen LogP contribution < -0.4 is 0 Å². The minimum Gasteiger partial charge on any atom is -0.143 e. The van der Waals surface area contributed by atoms with Gasteiger partial charge in [-0.05, 0) is 30.2 Å². The van der Waals surface area contributed by atoms with Crippen LogP contribution in [0.4, 0.5) is 0 Å². The summed E-state index contributed by atoms with van der Waals surface area (Å²) in [5.41, 5.74) is 4.00. The van der Waals surface area contributed by atoms with Crippen LogP contribution in [0.2, 0.25) is 0 Å². The largest absolute Gasteiger partial charge is 0.143 e. The zero-order valence-electron chi connectivity index (χ0n) is 10.6. The van der Waals surface area contributed by atoms with Crippen LogP contribution in [-0.4, -0.2) is 0 Å². The van der Waals surface area contributed by atoms with E-state index in [-0.39, 0.29) is 5.41 Å². The third-order valence-corrected chi connectivity index (χ3v) is 3.66. The standard InChI is InChI=1S/C16H18S/c1-12-4-6-13(7-5-12)16(2,3)14-8-10-15(17)11-9-14/h4-11,17H,1-3H3. The third-order valence-electron chi connectivity index (χ3n) is 3.36. The van der Waals surface area contributed by atoms with Gasteiger partial charge >= 0.3 is 0 Å². The maximum absolute atomic E-state index is 4.33. The first-order chi connectivity index (χ1) is 8.00. The predicted octanol–water partition coefficient (Wildman–Crippen LogP) is 4.61. The fourth-order valence-corrected chi connectivity index (χ4v) is 2.16. The second-order valence-corrected chi connectivity index (χ2v) is 5.55. The van der Waals surface area contributed by atoms with Crippen molar-refractivity contribution in [3.8, 4) is 0 Å². The lowest BCUT2D eigenvalue weighted by atomic mass is 9.78. The Bertz CT molecular complexity index is 445. The summed E-state index contributed by atoms with van der Waals surface area (Å²) >= 11 is 4.33. The van der Waals surface area contributed by atoms with Gasteiger partial charge in [-0.15, -0.1) is 12.6 Å². The number of benzene rings is 2. The van der Waals surface area contributed by atoms with Crippen LogP contribution in [0.15, 0.2) is 53.4 Å². The maximum Gasteiger partial charge on any atom is 0.0146 e. The first-order valence-corrected chi connectivity index (χ1v) is 6.31. The Hall–Kier alpha value is -1.21. The normalized spacial score (nSPS) is 11.5. The van der Waals surface area contributed by atoms with Gasteiger partial charge < -0.3 is 0 Å². The summed E-state index contributed by atoms with van der Waals surface area (Å²) in [5, 5.41) is 0. The highest BCUT2D eigenvalue weighted by Gasteiger charge is 2.22. The van der Waals surface area contributed by atoms with Crippen molar-refractivity contribution < 1.29 is 0 Å². The molecule has 17 heavy (non-hydrogen) atoms. The highest BCUT2D eigenvalue weighted by Crippen LogP contribution is 2.31. The first-order valence-electron chi connectivity index (χ1n) is 5.87. The third kappa shape index (κ3) is 2.55. The Morgan fingerprint density at radius 1 is 0.765 bits per heavy atom. The van der Waals surface area contributed by atoms with Gasteiger partial charge in [-0.3, -0.25) is 0 Å². The molecule has 0 saturated carbocycles. The number of rotatable bonds is 2. The molecule has 0 unspecified atom stereocenters. The average Bonchev–Trinajstić information content (AvgIpc) is 2.30. The minimum absolute atomic E-state index is 0.0369. The van der Waals surface area contributed by atoms with Crippen LogP contribution in [0.5, 0.6) is 0 Å². The summed E-state index contributed by atoms with van der Waals surface area (Å²) < 4.78 is 0. The lowest BCUT2D eigenvalue weighted by Crippen LogP contribution is -2.18. The Morgan fingerprint density at radius 3 is 1.65 bits per heavy atom. The average molecular weight is 242 g/mol. The van der Waals surface area contributed by atoms with Gasteiger partial charge in [0.1, 0.15) is 0 Å². The lowest BCUT2D eigenvalue weighted by Gasteiger charge is -2.26. The van der Waals surface area contributed by atoms with Gasteiger partial charge in [-0.1, -0.05) is 55.8 Å². The predicted molar refractivity (Wildman–Crippen MR) is 77.0 cm³/mol. The number of thiol groups is 1. The summed E-state index contributed by atoms with van der Waals surface area (Å²) in [6.45, 7) is 6.63. The van der Waals surface area contributed by atoms with Crippen LogP contribution in [0.25, 0.3) is 0 Å². The first kappa shape index (κ1) is 12.3. The number of aryl methyl sites for hydroxylation is 1. The van der Waals surface area contributed by atoms with Crippen LogP contribution >= 0.6 is 12.6 Å². The van der Waals surface area contributed by atoms with Gasteiger partial charge in [0.05, 0.1) is 0 Å². The SMILES string of the molecule is Cc1ccc(C(C)(C)c2ccc(S)cc2)cc1. The van der Waals surface area contributed by atoms with Crippen molar-refractivity contribution >= 4 is 12.6 Å². The highest BCUT2D eigenvalue weighted by molar-refractivity contribution is 7.80. The van der Waals surface area contributed by atoms with Gasteiger partial charge in [0.15, 0.2) is 0 Å². The van der Waals surface area contributed by atoms with Crippen LogP contribution in [0, 0.1) is 6.92 Å². The molecule has 0 bridgehead atoms. The van der Waals surface area contributed by atoms with Crippen LogP contribution in [0.1, 0.15) is 30.5 Å². The number of hydrogen-bond donors (Lipinski definition) is 1. The minimum atomic E-state index is 0.0369. The van der Waals surface area contributed by atoms with Gasteiger partial charge in [-0.25, -0.2) is 0 Å². The quantitative estimate of drug-likeness (QED) is 0.730. The second-order valence-electron chi connectivity index (χ2n) is 5.04. The molecule has 1 heteroatoms. The molecule has 0 atom stereocenters. The van der Waals surface area contributed by atoms with Crippen molar-refractivity contribution in [1.82, 2.24) is 0 Å². The van der Waals surface area contributed by atoms with E-state index >= 15 is 0 Å². The molecule has 0 fully saturated rings. The fraction of sp³-hybridized carbons (Fsp3) is 0.250. The van der Waals surface area contributed by atoms with E-state index in [0.717, 1.165) is 4.90 Å². The van der Waals surface area contributed by atoms with Crippen molar-refractivity contribution in [3.05, 3.63) is 65.2 Å². The maximum atomic E-state index is 4.33. The molecule has 0 saturated heterocycles. The summed E-state index contributed by atoms with van der Waals surface area (Å²) in [4.78, 5) is 1.01. The van der Waals surface area contributed by atoms with Gasteiger partial charge in [0, 0.05) is 10.3 Å². The molecular weight excluding hydrogens is 224 g/mol. The van der Waals surface area contributed by atoms with E-state index in [1.54, 1.807) is 0 Å². The van der Waals surface area contributed by atoms with E-state index in [0.29, 0.717) is 0 Å². The number of hydrogen-bond acceptors (Lipinski definition) is 1. The molecule has 0 aliphatic heterocycles. The van der Waals surface area contributed by atoms with Crippen molar-refractivity contribution in [2.24, 2.45) is 0 Å². The molecule has 0 aliphatic carbocycles. The van der Waals surface area contributed by atoms with E-state index in [1.165, 1.54) is 16.7 Å². The van der Waals surface area contributed by atoms with E-state index in [2.05, 4.69) is 69.8 Å². The van der Waals surface area contributed by atoms with Gasteiger partial charge in [0.25, 0.3) is 0 Å². The summed E-state index contributed by atoms with van der Waals surface area (Å²) in [6.07, 6.45) is 0. The molecule has 0 aliphatic rings. The highest BCUT2D eigenvalue weighted by atomic mass is 32.1. The molecule has 0 amide bonds. The fourth-order valence-electron chi connectivity index (χ4n) is 2.01. The monoisotopic (exact) mass is 242 g/mol. The topological polar surface area (TPSA) is 0 Å². The second kappa shape index (κ2) is 4.58. The molecule has 0 N–H and O–H groups in total. The van der Waals surface area contributed by atoms with Crippen LogP contribution in [-0.2, 0) is 5.41 Å². The molecular formula is C16H18S. The zero-order valence-corrected chi connectivity index (χ0v) is 11.5. The summed E-state index contributed by atoms with van der Waals surface area (Å²) in [5.74, 6) is 0. The van der Waals surface area contributed by atoms with Crippen molar-refractivity contribution in [2.45, 2.75) is 31.1 Å². The molecule has 0 nitrogen and oxygen atoms in total. The molecule has 0 heterocycles. The molecule has 88 valence electrons. The lowest BCUT2D eigenvalue weighted by molar-refractivity contribution is 0.640. The van der Waals surface area contributed by atoms with Gasteiger partial charge in [-0.2, -0.15) is 0 Å². The summed E-state index contributed by atoms with van der Waals surface area (Å²) in [6, 6.07) is 17.2. The van der Waals surface area contributed by atoms with E-state index < -0.39 is 0 Å². The van der Waals surface area contributed by atoms with Crippen molar-refractivity contribution in [2.75, 3.05) is 0 Å². The smallest absolute Gasteiger partial charge is 0.0146 e. The van der Waals surface area contributed by atoms with E-state index in [4.69, 9.17) is 0 Å². The van der Waals surface area contributed by atoms with Crippen molar-refractivity contribution in [3.63, 3.8) is 0 Å². The zero-order chi connectivity index (χ0) is 12.5. The Balaban J connectivity index is 2.41. The Labute approximate surface area is 109 Å². The molecule has 0 radical (unpaired) electrons. The molecule has 2 aromatic carbocycles. The Morgan fingerprint density at radius 2 is 1.18 bits per heavy atom. The Kier molecular flexibility index (Phi) is 3.30. The molecule has 2 aromatic rings.